The second kappa shape index (κ2) is 3.71. The first-order valence-electron chi connectivity index (χ1n) is 3.66. The van der Waals surface area contributed by atoms with Crippen molar-refractivity contribution in [3.05, 3.63) is 11.3 Å². The van der Waals surface area contributed by atoms with Crippen LogP contribution in [-0.4, -0.2) is 34.6 Å². The average Bonchev–Trinajstić information content (AvgIpc) is 2.30. The molecule has 1 rings (SSSR count). The number of carboxylic acids is 1. The molecule has 5 nitrogen and oxygen atoms in total. The van der Waals surface area contributed by atoms with Crippen LogP contribution in [0.5, 0.6) is 0 Å². The zero-order valence-electron chi connectivity index (χ0n) is 7.66. The Morgan fingerprint density at radius 3 is 2.69 bits per heavy atom. The van der Waals surface area contributed by atoms with E-state index in [-0.39, 0.29) is 5.56 Å². The zero-order chi connectivity index (χ0) is 10.0. The average molecular weight is 201 g/mol. The van der Waals surface area contributed by atoms with Gasteiger partial charge in [0.15, 0.2) is 0 Å². The molecular weight excluding hydrogens is 190 g/mol. The second-order valence-corrected chi connectivity index (χ2v) is 3.56. The third kappa shape index (κ3) is 2.16. The van der Waals surface area contributed by atoms with Crippen LogP contribution >= 0.6 is 11.5 Å². The van der Waals surface area contributed by atoms with E-state index in [1.807, 2.05) is 0 Å². The minimum absolute atomic E-state index is 0.249. The summed E-state index contributed by atoms with van der Waals surface area (Å²) in [7, 11) is 3.58. The van der Waals surface area contributed by atoms with Crippen LogP contribution in [0.1, 0.15) is 16.1 Å². The molecule has 0 spiro atoms. The van der Waals surface area contributed by atoms with Crippen LogP contribution < -0.4 is 5.43 Å². The molecule has 0 bridgehead atoms. The molecule has 1 heterocycles. The first-order valence-corrected chi connectivity index (χ1v) is 4.43. The monoisotopic (exact) mass is 201 g/mol. The molecule has 6 heteroatoms. The van der Waals surface area contributed by atoms with E-state index < -0.39 is 5.97 Å². The molecule has 0 aliphatic carbocycles. The van der Waals surface area contributed by atoms with Gasteiger partial charge in [0.05, 0.1) is 5.69 Å². The number of nitrogens with zero attached hydrogens (tertiary/aromatic N) is 2. The van der Waals surface area contributed by atoms with Crippen molar-refractivity contribution in [1.29, 1.82) is 0 Å². The molecule has 0 aliphatic rings. The third-order valence-electron chi connectivity index (χ3n) is 1.40. The number of carbonyl (C=O) groups is 1. The number of hydrogen-bond acceptors (Lipinski definition) is 5. The van der Waals surface area contributed by atoms with Crippen LogP contribution in [-0.2, 0) is 0 Å². The van der Waals surface area contributed by atoms with Crippen LogP contribution in [0.3, 0.4) is 0 Å². The number of aryl methyl sites for hydroxylation is 1. The lowest BCUT2D eigenvalue weighted by Gasteiger charge is -2.11. The molecule has 0 atom stereocenters. The summed E-state index contributed by atoms with van der Waals surface area (Å²) in [6, 6.07) is 0. The van der Waals surface area contributed by atoms with Gasteiger partial charge < -0.3 is 10.5 Å². The van der Waals surface area contributed by atoms with Crippen LogP contribution in [0.2, 0.25) is 0 Å². The van der Waals surface area contributed by atoms with Gasteiger partial charge in [-0.1, -0.05) is 0 Å². The summed E-state index contributed by atoms with van der Waals surface area (Å²) in [6.07, 6.45) is 0. The van der Waals surface area contributed by atoms with Crippen molar-refractivity contribution in [2.45, 2.75) is 6.92 Å². The van der Waals surface area contributed by atoms with Crippen LogP contribution in [0.15, 0.2) is 0 Å². The number of hydrazine groups is 1. The van der Waals surface area contributed by atoms with Crippen molar-refractivity contribution in [1.82, 2.24) is 9.38 Å². The maximum atomic E-state index is 10.8. The molecule has 13 heavy (non-hydrogen) atoms. The molecular formula is C7H11N3O2S. The molecule has 0 fully saturated rings. The Morgan fingerprint density at radius 1 is 1.62 bits per heavy atom. The molecule has 0 radical (unpaired) electrons. The molecule has 1 aromatic rings. The van der Waals surface area contributed by atoms with Gasteiger partial charge in [-0.25, -0.2) is 9.80 Å². The van der Waals surface area contributed by atoms with Crippen molar-refractivity contribution in [2.24, 2.45) is 0 Å². The number of rotatable bonds is 3. The fourth-order valence-corrected chi connectivity index (χ4v) is 1.77. The molecule has 0 unspecified atom stereocenters. The van der Waals surface area contributed by atoms with E-state index in [0.717, 1.165) is 11.5 Å². The molecule has 0 aliphatic heterocycles. The number of aromatic nitrogens is 1. The minimum Gasteiger partial charge on any atom is -0.478 e. The molecule has 0 amide bonds. The lowest BCUT2D eigenvalue weighted by atomic mass is 10.2. The van der Waals surface area contributed by atoms with Crippen molar-refractivity contribution >= 4 is 22.5 Å². The van der Waals surface area contributed by atoms with E-state index >= 15 is 0 Å². The maximum absolute atomic E-state index is 10.8. The molecule has 0 saturated carbocycles. The van der Waals surface area contributed by atoms with Crippen LogP contribution in [0.4, 0.5) is 5.00 Å². The minimum atomic E-state index is -0.949. The summed E-state index contributed by atoms with van der Waals surface area (Å²) in [5.74, 6) is -0.949. The van der Waals surface area contributed by atoms with E-state index in [0.29, 0.717) is 10.7 Å². The highest BCUT2D eigenvalue weighted by molar-refractivity contribution is 7.10. The Kier molecular flexibility index (Phi) is 2.84. The van der Waals surface area contributed by atoms with Gasteiger partial charge in [0.25, 0.3) is 0 Å². The third-order valence-corrected chi connectivity index (χ3v) is 2.24. The molecule has 1 aromatic heterocycles. The van der Waals surface area contributed by atoms with Crippen molar-refractivity contribution in [3.8, 4) is 0 Å². The Morgan fingerprint density at radius 2 is 2.23 bits per heavy atom. The number of nitrogens with one attached hydrogen (secondary N) is 1. The largest absolute Gasteiger partial charge is 0.478 e. The summed E-state index contributed by atoms with van der Waals surface area (Å²) in [5.41, 5.74) is 3.68. The van der Waals surface area contributed by atoms with E-state index in [4.69, 9.17) is 5.11 Å². The summed E-state index contributed by atoms with van der Waals surface area (Å²) in [5, 5.41) is 11.1. The number of hydrogen-bond donors (Lipinski definition) is 2. The number of anilines is 1. The number of carboxylic acid groups (broad SMARTS) is 1. The highest BCUT2D eigenvalue weighted by atomic mass is 32.1. The van der Waals surface area contributed by atoms with Gasteiger partial charge in [0, 0.05) is 14.1 Å². The Hall–Kier alpha value is -1.14. The highest BCUT2D eigenvalue weighted by Gasteiger charge is 2.17. The summed E-state index contributed by atoms with van der Waals surface area (Å²) in [4.78, 5) is 10.8. The predicted octanol–water partition coefficient (Wildman–Crippen LogP) is 1.04. The fourth-order valence-electron chi connectivity index (χ4n) is 0.901. The van der Waals surface area contributed by atoms with E-state index in [9.17, 15) is 4.79 Å². The SMILES string of the molecule is Cc1nsc(NN(C)C)c1C(=O)O. The molecule has 0 saturated heterocycles. The smallest absolute Gasteiger partial charge is 0.340 e. The normalized spacial score (nSPS) is 10.5. The second-order valence-electron chi connectivity index (χ2n) is 2.78. The van der Waals surface area contributed by atoms with Gasteiger partial charge in [0.2, 0.25) is 0 Å². The van der Waals surface area contributed by atoms with Gasteiger partial charge in [-0.3, -0.25) is 0 Å². The van der Waals surface area contributed by atoms with Gasteiger partial charge in [-0.2, -0.15) is 4.37 Å². The quantitative estimate of drug-likeness (QED) is 0.715. The molecule has 0 aromatic carbocycles. The first kappa shape index (κ1) is 9.94. The maximum Gasteiger partial charge on any atom is 0.340 e. The van der Waals surface area contributed by atoms with Gasteiger partial charge >= 0.3 is 5.97 Å². The first-order chi connectivity index (χ1) is 6.02. The highest BCUT2D eigenvalue weighted by Crippen LogP contribution is 2.24. The van der Waals surface area contributed by atoms with Gasteiger partial charge in [-0.05, 0) is 18.5 Å². The fraction of sp³-hybridized carbons (Fsp3) is 0.429. The van der Waals surface area contributed by atoms with Crippen molar-refractivity contribution in [3.63, 3.8) is 0 Å². The molecule has 72 valence electrons. The summed E-state index contributed by atoms with van der Waals surface area (Å²) >= 11 is 1.15. The number of aromatic carboxylic acids is 1. The van der Waals surface area contributed by atoms with E-state index in [1.54, 1.807) is 26.0 Å². The van der Waals surface area contributed by atoms with Gasteiger partial charge in [0.1, 0.15) is 10.6 Å². The lowest BCUT2D eigenvalue weighted by Crippen LogP contribution is -2.20. The molecule has 2 N–H and O–H groups in total. The standard InChI is InChI=1S/C7H11N3O2S/c1-4-5(7(11)12)6(13-9-4)8-10(2)3/h8H,1-3H3,(H,11,12). The summed E-state index contributed by atoms with van der Waals surface area (Å²) in [6.45, 7) is 1.68. The zero-order valence-corrected chi connectivity index (χ0v) is 8.47. The topological polar surface area (TPSA) is 65.5 Å². The van der Waals surface area contributed by atoms with Crippen molar-refractivity contribution in [2.75, 3.05) is 19.5 Å². The van der Waals surface area contributed by atoms with E-state index in [1.165, 1.54) is 0 Å². The van der Waals surface area contributed by atoms with E-state index in [2.05, 4.69) is 9.80 Å². The summed E-state index contributed by atoms with van der Waals surface area (Å²) < 4.78 is 3.96. The van der Waals surface area contributed by atoms with Gasteiger partial charge in [-0.15, -0.1) is 0 Å². The van der Waals surface area contributed by atoms with Crippen molar-refractivity contribution < 1.29 is 9.90 Å². The van der Waals surface area contributed by atoms with Crippen LogP contribution in [0.25, 0.3) is 0 Å². The van der Waals surface area contributed by atoms with Crippen LogP contribution in [0, 0.1) is 6.92 Å². The Balaban J connectivity index is 3.00. The predicted molar refractivity (Wildman–Crippen MR) is 51.1 cm³/mol. The Bertz CT molecular complexity index is 322. The Labute approximate surface area is 80.1 Å². The lowest BCUT2D eigenvalue weighted by molar-refractivity contribution is 0.0697.